The molecule has 0 radical (unpaired) electrons. The Bertz CT molecular complexity index is 1020. The van der Waals surface area contributed by atoms with Gasteiger partial charge in [0.05, 0.1) is 12.6 Å². The number of aromatic nitrogens is 1. The number of carboxylic acids is 1. The molecule has 3 amide bonds. The number of hydrogen-bond donors (Lipinski definition) is 6. The van der Waals surface area contributed by atoms with Crippen LogP contribution in [0.4, 0.5) is 0 Å². The van der Waals surface area contributed by atoms with Gasteiger partial charge < -0.3 is 31.8 Å². The van der Waals surface area contributed by atoms with E-state index in [2.05, 4.69) is 20.9 Å². The zero-order valence-corrected chi connectivity index (χ0v) is 21.1. The van der Waals surface area contributed by atoms with Crippen LogP contribution in [0.5, 0.6) is 0 Å². The number of para-hydroxylation sites is 1. The molecule has 3 unspecified atom stereocenters. The Morgan fingerprint density at radius 2 is 1.80 bits per heavy atom. The van der Waals surface area contributed by atoms with Gasteiger partial charge in [-0.2, -0.15) is 11.8 Å². The highest BCUT2D eigenvalue weighted by Gasteiger charge is 2.27. The maximum absolute atomic E-state index is 13.1. The lowest BCUT2D eigenvalue weighted by molar-refractivity contribution is -0.142. The van der Waals surface area contributed by atoms with Gasteiger partial charge in [-0.05, 0) is 42.4 Å². The Morgan fingerprint density at radius 3 is 2.46 bits per heavy atom. The summed E-state index contributed by atoms with van der Waals surface area (Å²) in [6.45, 7) is 3.53. The Labute approximate surface area is 209 Å². The van der Waals surface area contributed by atoms with E-state index < -0.39 is 41.8 Å². The first-order valence-electron chi connectivity index (χ1n) is 11.5. The Morgan fingerprint density at radius 1 is 1.09 bits per heavy atom. The third-order valence-electron chi connectivity index (χ3n) is 5.46. The molecule has 0 aliphatic rings. The van der Waals surface area contributed by atoms with Crippen LogP contribution in [-0.2, 0) is 25.6 Å². The van der Waals surface area contributed by atoms with Crippen LogP contribution in [0.3, 0.4) is 0 Å². The number of rotatable bonds is 14. The van der Waals surface area contributed by atoms with E-state index in [4.69, 9.17) is 5.73 Å². The normalized spacial score (nSPS) is 13.7. The van der Waals surface area contributed by atoms with Gasteiger partial charge in [-0.3, -0.25) is 14.4 Å². The summed E-state index contributed by atoms with van der Waals surface area (Å²) in [6, 6.07) is 4.68. The molecule has 2 aromatic rings. The number of H-pyrrole nitrogens is 1. The molecule has 3 atom stereocenters. The molecule has 192 valence electrons. The molecule has 7 N–H and O–H groups in total. The SMILES string of the molecule is CSCCC(NC(=O)C(Cc1c[nH]c2ccccc12)NC(=O)CNC(=O)C(N)CC(C)C)C(=O)O. The molecule has 1 aromatic carbocycles. The van der Waals surface area contributed by atoms with E-state index in [-0.39, 0.29) is 25.3 Å². The first-order chi connectivity index (χ1) is 16.6. The second-order valence-corrected chi connectivity index (χ2v) is 9.80. The predicted molar refractivity (Wildman–Crippen MR) is 137 cm³/mol. The van der Waals surface area contributed by atoms with Gasteiger partial charge in [0.2, 0.25) is 17.7 Å². The molecule has 0 aliphatic carbocycles. The summed E-state index contributed by atoms with van der Waals surface area (Å²) in [4.78, 5) is 52.6. The van der Waals surface area contributed by atoms with Crippen LogP contribution in [-0.4, -0.2) is 70.5 Å². The smallest absolute Gasteiger partial charge is 0.326 e. The number of nitrogens with one attached hydrogen (secondary N) is 4. The van der Waals surface area contributed by atoms with E-state index in [0.717, 1.165) is 16.5 Å². The average Bonchev–Trinajstić information content (AvgIpc) is 3.21. The highest BCUT2D eigenvalue weighted by atomic mass is 32.2. The van der Waals surface area contributed by atoms with Crippen LogP contribution in [0.1, 0.15) is 32.3 Å². The zero-order valence-electron chi connectivity index (χ0n) is 20.3. The van der Waals surface area contributed by atoms with Crippen LogP contribution in [0.15, 0.2) is 30.5 Å². The molecular weight excluding hydrogens is 470 g/mol. The van der Waals surface area contributed by atoms with Gasteiger partial charge in [0, 0.05) is 23.5 Å². The number of benzene rings is 1. The molecule has 1 heterocycles. The Balaban J connectivity index is 2.13. The zero-order chi connectivity index (χ0) is 26.0. The summed E-state index contributed by atoms with van der Waals surface area (Å²) in [5.74, 6) is -2.00. The van der Waals surface area contributed by atoms with Gasteiger partial charge in [0.25, 0.3) is 0 Å². The molecule has 0 saturated carbocycles. The minimum absolute atomic E-state index is 0.136. The predicted octanol–water partition coefficient (Wildman–Crippen LogP) is 1.01. The highest BCUT2D eigenvalue weighted by molar-refractivity contribution is 7.98. The van der Waals surface area contributed by atoms with Crippen molar-refractivity contribution in [3.63, 3.8) is 0 Å². The van der Waals surface area contributed by atoms with Crippen LogP contribution >= 0.6 is 11.8 Å². The van der Waals surface area contributed by atoms with Crippen molar-refractivity contribution in [2.24, 2.45) is 11.7 Å². The van der Waals surface area contributed by atoms with Crippen molar-refractivity contribution in [1.82, 2.24) is 20.9 Å². The lowest BCUT2D eigenvalue weighted by Gasteiger charge is -2.22. The molecule has 0 aliphatic heterocycles. The molecule has 0 saturated heterocycles. The van der Waals surface area contributed by atoms with Crippen molar-refractivity contribution in [2.75, 3.05) is 18.6 Å². The van der Waals surface area contributed by atoms with Gasteiger partial charge in [0.1, 0.15) is 12.1 Å². The summed E-state index contributed by atoms with van der Waals surface area (Å²) in [5.41, 5.74) is 7.52. The molecule has 0 fully saturated rings. The van der Waals surface area contributed by atoms with E-state index in [1.54, 1.807) is 6.20 Å². The Kier molecular flexibility index (Phi) is 11.1. The lowest BCUT2D eigenvalue weighted by Crippen LogP contribution is -2.54. The standard InChI is InChI=1S/C24H35N5O5S/c1-14(2)10-17(25)22(31)27-13-21(30)28-20(23(32)29-19(24(33)34)8-9-35-3)11-15-12-26-18-7-5-4-6-16(15)18/h4-7,12,14,17,19-20,26H,8-11,13,25H2,1-3H3,(H,27,31)(H,28,30)(H,29,32)(H,33,34). The van der Waals surface area contributed by atoms with Gasteiger partial charge in [-0.15, -0.1) is 0 Å². The third-order valence-corrected chi connectivity index (χ3v) is 6.11. The number of carbonyl (C=O) groups excluding carboxylic acids is 3. The Hall–Kier alpha value is -3.05. The van der Waals surface area contributed by atoms with Gasteiger partial charge in [-0.25, -0.2) is 4.79 Å². The number of carboxylic acid groups (broad SMARTS) is 1. The molecule has 2 rings (SSSR count). The second kappa shape index (κ2) is 13.7. The van der Waals surface area contributed by atoms with E-state index in [1.165, 1.54) is 11.8 Å². The van der Waals surface area contributed by atoms with Crippen LogP contribution in [0.2, 0.25) is 0 Å². The molecule has 10 nitrogen and oxygen atoms in total. The van der Waals surface area contributed by atoms with Gasteiger partial charge in [-0.1, -0.05) is 32.0 Å². The topological polar surface area (TPSA) is 166 Å². The molecule has 0 bridgehead atoms. The van der Waals surface area contributed by atoms with E-state index in [0.29, 0.717) is 12.2 Å². The summed E-state index contributed by atoms with van der Waals surface area (Å²) in [6.07, 6.45) is 4.47. The number of aliphatic carboxylic acids is 1. The molecule has 11 heteroatoms. The molecule has 35 heavy (non-hydrogen) atoms. The second-order valence-electron chi connectivity index (χ2n) is 8.82. The van der Waals surface area contributed by atoms with E-state index in [9.17, 15) is 24.3 Å². The number of amides is 3. The number of carbonyl (C=O) groups is 4. The maximum Gasteiger partial charge on any atom is 0.326 e. The average molecular weight is 506 g/mol. The summed E-state index contributed by atoms with van der Waals surface area (Å²) < 4.78 is 0. The summed E-state index contributed by atoms with van der Waals surface area (Å²) >= 11 is 1.47. The largest absolute Gasteiger partial charge is 0.480 e. The fourth-order valence-electron chi connectivity index (χ4n) is 3.65. The molecule has 0 spiro atoms. The minimum Gasteiger partial charge on any atom is -0.480 e. The maximum atomic E-state index is 13.1. The van der Waals surface area contributed by atoms with Gasteiger partial charge in [0.15, 0.2) is 0 Å². The minimum atomic E-state index is -1.14. The lowest BCUT2D eigenvalue weighted by atomic mass is 10.0. The monoisotopic (exact) mass is 505 g/mol. The number of fused-ring (bicyclic) bond motifs is 1. The number of nitrogens with two attached hydrogens (primary N) is 1. The summed E-state index contributed by atoms with van der Waals surface area (Å²) in [5, 5.41) is 18.1. The number of aromatic amines is 1. The van der Waals surface area contributed by atoms with Crippen molar-refractivity contribution in [3.8, 4) is 0 Å². The van der Waals surface area contributed by atoms with Gasteiger partial charge >= 0.3 is 5.97 Å². The number of thioether (sulfide) groups is 1. The van der Waals surface area contributed by atoms with E-state index in [1.807, 2.05) is 44.4 Å². The quantitative estimate of drug-likeness (QED) is 0.223. The van der Waals surface area contributed by atoms with Crippen molar-refractivity contribution in [2.45, 2.75) is 51.2 Å². The third kappa shape index (κ3) is 8.91. The van der Waals surface area contributed by atoms with Crippen LogP contribution < -0.4 is 21.7 Å². The highest BCUT2D eigenvalue weighted by Crippen LogP contribution is 2.19. The first-order valence-corrected chi connectivity index (χ1v) is 12.9. The fourth-order valence-corrected chi connectivity index (χ4v) is 4.13. The van der Waals surface area contributed by atoms with Crippen molar-refractivity contribution < 1.29 is 24.3 Å². The van der Waals surface area contributed by atoms with Crippen molar-refractivity contribution in [3.05, 3.63) is 36.0 Å². The van der Waals surface area contributed by atoms with Crippen LogP contribution in [0.25, 0.3) is 10.9 Å². The van der Waals surface area contributed by atoms with Crippen molar-refractivity contribution >= 4 is 46.4 Å². The molecular formula is C24H35N5O5S. The first kappa shape index (κ1) is 28.2. The van der Waals surface area contributed by atoms with E-state index >= 15 is 0 Å². The number of hydrogen-bond acceptors (Lipinski definition) is 6. The summed E-state index contributed by atoms with van der Waals surface area (Å²) in [7, 11) is 0. The van der Waals surface area contributed by atoms with Crippen molar-refractivity contribution in [1.29, 1.82) is 0 Å². The van der Waals surface area contributed by atoms with Crippen LogP contribution in [0, 0.1) is 5.92 Å². The fraction of sp³-hybridized carbons (Fsp3) is 0.500. The molecule has 1 aromatic heterocycles.